The number of carbonyl (C=O) groups is 2. The number of H-pyrrole nitrogens is 1. The molecule has 92 valence electrons. The van der Waals surface area contributed by atoms with Crippen molar-refractivity contribution < 1.29 is 14.7 Å². The van der Waals surface area contributed by atoms with E-state index in [0.717, 1.165) is 0 Å². The molecule has 0 aromatic carbocycles. The third-order valence-electron chi connectivity index (χ3n) is 2.14. The van der Waals surface area contributed by atoms with Gasteiger partial charge in [-0.1, -0.05) is 6.92 Å². The van der Waals surface area contributed by atoms with Crippen LogP contribution in [0, 0.1) is 0 Å². The Balaban J connectivity index is 2.86. The largest absolute Gasteiger partial charge is 0.480 e. The van der Waals surface area contributed by atoms with E-state index in [4.69, 9.17) is 5.11 Å². The standard InChI is InChI=1S/C11H14N2O4/c1-2-5-13(7-10(15)16)11(17)8-3-4-9(14)12-6-8/h3-4,6H,2,5,7H2,1H3,(H,12,14)(H,15,16). The fraction of sp³-hybridized carbons (Fsp3) is 0.364. The van der Waals surface area contributed by atoms with Crippen LogP contribution >= 0.6 is 0 Å². The highest BCUT2D eigenvalue weighted by molar-refractivity contribution is 5.95. The number of carboxylic acids is 1. The number of hydrogen-bond donors (Lipinski definition) is 2. The van der Waals surface area contributed by atoms with E-state index in [1.54, 1.807) is 0 Å². The average molecular weight is 238 g/mol. The predicted molar refractivity (Wildman–Crippen MR) is 60.9 cm³/mol. The van der Waals surface area contributed by atoms with Crippen LogP contribution in [0.3, 0.4) is 0 Å². The highest BCUT2D eigenvalue weighted by Gasteiger charge is 2.17. The summed E-state index contributed by atoms with van der Waals surface area (Å²) < 4.78 is 0. The summed E-state index contributed by atoms with van der Waals surface area (Å²) in [6.45, 7) is 1.88. The summed E-state index contributed by atoms with van der Waals surface area (Å²) >= 11 is 0. The lowest BCUT2D eigenvalue weighted by atomic mass is 10.2. The maximum absolute atomic E-state index is 11.9. The molecule has 1 aromatic rings. The van der Waals surface area contributed by atoms with Crippen LogP contribution in [-0.2, 0) is 4.79 Å². The molecule has 0 saturated carbocycles. The number of rotatable bonds is 5. The first-order valence-corrected chi connectivity index (χ1v) is 5.24. The van der Waals surface area contributed by atoms with Crippen LogP contribution < -0.4 is 5.56 Å². The normalized spacial score (nSPS) is 9.94. The second-order valence-electron chi connectivity index (χ2n) is 3.56. The summed E-state index contributed by atoms with van der Waals surface area (Å²) in [5.41, 5.74) is -0.0267. The SMILES string of the molecule is CCCN(CC(=O)O)C(=O)c1ccc(=O)[nH]c1. The maximum Gasteiger partial charge on any atom is 0.323 e. The third kappa shape index (κ3) is 3.75. The lowest BCUT2D eigenvalue weighted by Gasteiger charge is -2.19. The van der Waals surface area contributed by atoms with Crippen LogP contribution in [0.25, 0.3) is 0 Å². The molecule has 0 fully saturated rings. The van der Waals surface area contributed by atoms with Gasteiger partial charge >= 0.3 is 5.97 Å². The maximum atomic E-state index is 11.9. The molecule has 1 amide bonds. The molecule has 1 aromatic heterocycles. The van der Waals surface area contributed by atoms with Crippen LogP contribution in [0.2, 0.25) is 0 Å². The molecule has 0 unspecified atom stereocenters. The Bertz CT molecular complexity index is 446. The summed E-state index contributed by atoms with van der Waals surface area (Å²) in [5.74, 6) is -1.46. The number of pyridine rings is 1. The Morgan fingerprint density at radius 2 is 2.12 bits per heavy atom. The molecule has 0 spiro atoms. The van der Waals surface area contributed by atoms with Crippen molar-refractivity contribution >= 4 is 11.9 Å². The molecular formula is C11H14N2O4. The number of aromatic amines is 1. The van der Waals surface area contributed by atoms with E-state index in [0.29, 0.717) is 13.0 Å². The van der Waals surface area contributed by atoms with Crippen LogP contribution in [0.15, 0.2) is 23.1 Å². The van der Waals surface area contributed by atoms with Crippen LogP contribution in [0.5, 0.6) is 0 Å². The van der Waals surface area contributed by atoms with Gasteiger partial charge in [0.2, 0.25) is 5.56 Å². The van der Waals surface area contributed by atoms with Gasteiger partial charge in [0, 0.05) is 18.8 Å². The van der Waals surface area contributed by atoms with Gasteiger partial charge in [0.05, 0.1) is 5.56 Å². The van der Waals surface area contributed by atoms with Crippen molar-refractivity contribution in [2.75, 3.05) is 13.1 Å². The Morgan fingerprint density at radius 3 is 2.59 bits per heavy atom. The fourth-order valence-electron chi connectivity index (χ4n) is 1.41. The van der Waals surface area contributed by atoms with E-state index < -0.39 is 11.9 Å². The van der Waals surface area contributed by atoms with Gasteiger partial charge in [0.15, 0.2) is 0 Å². The number of hydrogen-bond acceptors (Lipinski definition) is 3. The van der Waals surface area contributed by atoms with E-state index in [2.05, 4.69) is 4.98 Å². The van der Waals surface area contributed by atoms with E-state index in [-0.39, 0.29) is 17.7 Å². The van der Waals surface area contributed by atoms with Crippen molar-refractivity contribution in [1.82, 2.24) is 9.88 Å². The van der Waals surface area contributed by atoms with Gasteiger partial charge in [-0.15, -0.1) is 0 Å². The minimum atomic E-state index is -1.06. The molecule has 1 heterocycles. The van der Waals surface area contributed by atoms with E-state index in [9.17, 15) is 14.4 Å². The Hall–Kier alpha value is -2.11. The minimum Gasteiger partial charge on any atom is -0.480 e. The number of carboxylic acid groups (broad SMARTS) is 1. The number of aromatic nitrogens is 1. The summed E-state index contributed by atoms with van der Waals surface area (Å²) in [6.07, 6.45) is 1.96. The van der Waals surface area contributed by atoms with Crippen molar-refractivity contribution in [2.45, 2.75) is 13.3 Å². The van der Waals surface area contributed by atoms with Crippen LogP contribution in [0.1, 0.15) is 23.7 Å². The fourth-order valence-corrected chi connectivity index (χ4v) is 1.41. The first-order valence-electron chi connectivity index (χ1n) is 5.24. The number of carbonyl (C=O) groups excluding carboxylic acids is 1. The van der Waals surface area contributed by atoms with Crippen molar-refractivity contribution in [3.05, 3.63) is 34.2 Å². The number of nitrogens with one attached hydrogen (secondary N) is 1. The molecule has 0 atom stereocenters. The van der Waals surface area contributed by atoms with E-state index >= 15 is 0 Å². The first-order chi connectivity index (χ1) is 8.04. The summed E-state index contributed by atoms with van der Waals surface area (Å²) in [5, 5.41) is 8.70. The Kier molecular flexibility index (Phi) is 4.45. The Labute approximate surface area is 97.9 Å². The monoisotopic (exact) mass is 238 g/mol. The van der Waals surface area contributed by atoms with E-state index in [1.807, 2.05) is 6.92 Å². The molecule has 0 aliphatic rings. The van der Waals surface area contributed by atoms with Gasteiger partial charge in [0.1, 0.15) is 6.54 Å². The van der Waals surface area contributed by atoms with Crippen molar-refractivity contribution in [1.29, 1.82) is 0 Å². The molecule has 0 aliphatic heterocycles. The lowest BCUT2D eigenvalue weighted by molar-refractivity contribution is -0.137. The van der Waals surface area contributed by atoms with Crippen molar-refractivity contribution in [3.8, 4) is 0 Å². The number of nitrogens with zero attached hydrogens (tertiary/aromatic N) is 1. The zero-order valence-corrected chi connectivity index (χ0v) is 9.47. The highest BCUT2D eigenvalue weighted by atomic mass is 16.4. The third-order valence-corrected chi connectivity index (χ3v) is 2.14. The molecular weight excluding hydrogens is 224 g/mol. The number of aliphatic carboxylic acids is 1. The second-order valence-corrected chi connectivity index (χ2v) is 3.56. The molecule has 6 heteroatoms. The van der Waals surface area contributed by atoms with Gasteiger partial charge < -0.3 is 15.0 Å². The average Bonchev–Trinajstić information content (AvgIpc) is 2.28. The summed E-state index contributed by atoms with van der Waals surface area (Å²) in [4.78, 5) is 37.0. The topological polar surface area (TPSA) is 90.5 Å². The minimum absolute atomic E-state index is 0.277. The predicted octanol–water partition coefficient (Wildman–Crippen LogP) is 0.312. The van der Waals surface area contributed by atoms with Crippen molar-refractivity contribution in [3.63, 3.8) is 0 Å². The zero-order chi connectivity index (χ0) is 12.8. The smallest absolute Gasteiger partial charge is 0.323 e. The molecule has 1 rings (SSSR count). The quantitative estimate of drug-likeness (QED) is 0.772. The molecule has 17 heavy (non-hydrogen) atoms. The highest BCUT2D eigenvalue weighted by Crippen LogP contribution is 2.02. The molecule has 0 bridgehead atoms. The van der Waals surface area contributed by atoms with Gasteiger partial charge in [-0.05, 0) is 12.5 Å². The summed E-state index contributed by atoms with van der Waals surface area (Å²) in [6, 6.07) is 2.61. The Morgan fingerprint density at radius 1 is 1.41 bits per heavy atom. The van der Waals surface area contributed by atoms with Gasteiger partial charge in [-0.25, -0.2) is 0 Å². The zero-order valence-electron chi connectivity index (χ0n) is 9.47. The first kappa shape index (κ1) is 13.0. The molecule has 0 aliphatic carbocycles. The number of amides is 1. The molecule has 0 radical (unpaired) electrons. The van der Waals surface area contributed by atoms with Crippen LogP contribution in [-0.4, -0.2) is 40.0 Å². The van der Waals surface area contributed by atoms with Gasteiger partial charge in [-0.2, -0.15) is 0 Å². The molecule has 0 saturated heterocycles. The molecule has 2 N–H and O–H groups in total. The van der Waals surface area contributed by atoms with Gasteiger partial charge in [-0.3, -0.25) is 14.4 Å². The van der Waals surface area contributed by atoms with Crippen LogP contribution in [0.4, 0.5) is 0 Å². The van der Waals surface area contributed by atoms with E-state index in [1.165, 1.54) is 23.2 Å². The lowest BCUT2D eigenvalue weighted by Crippen LogP contribution is -2.36. The van der Waals surface area contributed by atoms with Crippen molar-refractivity contribution in [2.24, 2.45) is 0 Å². The van der Waals surface area contributed by atoms with Gasteiger partial charge in [0.25, 0.3) is 5.91 Å². The second kappa shape index (κ2) is 5.83. The molecule has 6 nitrogen and oxygen atoms in total. The summed E-state index contributed by atoms with van der Waals surface area (Å²) in [7, 11) is 0.